The van der Waals surface area contributed by atoms with Crippen molar-refractivity contribution in [2.24, 2.45) is 0 Å². The van der Waals surface area contributed by atoms with Crippen molar-refractivity contribution in [3.05, 3.63) is 42.2 Å². The number of hydrogen-bond donors (Lipinski definition) is 1. The first kappa shape index (κ1) is 11.5. The fourth-order valence-electron chi connectivity index (χ4n) is 1.51. The number of rotatable bonds is 3. The number of anilines is 1. The molecule has 0 aliphatic heterocycles. The molecule has 0 radical (unpaired) electrons. The SMILES string of the molecule is CC(C)Nc1ccc(-c2cccc(F)c2)nn1. The third-order valence-electron chi connectivity index (χ3n) is 2.22. The van der Waals surface area contributed by atoms with Crippen LogP contribution in [0.25, 0.3) is 11.3 Å². The summed E-state index contributed by atoms with van der Waals surface area (Å²) in [5.74, 6) is 0.453. The van der Waals surface area contributed by atoms with Gasteiger partial charge < -0.3 is 5.32 Å². The van der Waals surface area contributed by atoms with E-state index in [1.165, 1.54) is 12.1 Å². The van der Waals surface area contributed by atoms with Crippen LogP contribution in [-0.2, 0) is 0 Å². The van der Waals surface area contributed by atoms with Crippen molar-refractivity contribution in [1.29, 1.82) is 0 Å². The van der Waals surface area contributed by atoms with E-state index in [0.717, 1.165) is 11.4 Å². The Morgan fingerprint density at radius 1 is 1.12 bits per heavy atom. The van der Waals surface area contributed by atoms with Crippen molar-refractivity contribution in [1.82, 2.24) is 10.2 Å². The van der Waals surface area contributed by atoms with Gasteiger partial charge in [0, 0.05) is 11.6 Å². The van der Waals surface area contributed by atoms with Gasteiger partial charge in [-0.15, -0.1) is 10.2 Å². The molecule has 0 unspecified atom stereocenters. The maximum atomic E-state index is 13.0. The molecule has 0 aliphatic rings. The van der Waals surface area contributed by atoms with Gasteiger partial charge in [0.2, 0.25) is 0 Å². The Morgan fingerprint density at radius 2 is 1.94 bits per heavy atom. The minimum absolute atomic E-state index is 0.270. The van der Waals surface area contributed by atoms with Gasteiger partial charge in [0.25, 0.3) is 0 Å². The molecule has 0 atom stereocenters. The fraction of sp³-hybridized carbons (Fsp3) is 0.231. The number of nitrogens with one attached hydrogen (secondary N) is 1. The Kier molecular flexibility index (Phi) is 3.32. The summed E-state index contributed by atoms with van der Waals surface area (Å²) in [5, 5.41) is 11.3. The molecular formula is C13H14FN3. The van der Waals surface area contributed by atoms with Gasteiger partial charge in [-0.25, -0.2) is 4.39 Å². The summed E-state index contributed by atoms with van der Waals surface area (Å²) in [4.78, 5) is 0. The number of aromatic nitrogens is 2. The minimum Gasteiger partial charge on any atom is -0.366 e. The van der Waals surface area contributed by atoms with Crippen LogP contribution in [0.5, 0.6) is 0 Å². The van der Waals surface area contributed by atoms with Gasteiger partial charge >= 0.3 is 0 Å². The molecule has 1 heterocycles. The summed E-state index contributed by atoms with van der Waals surface area (Å²) in [6, 6.07) is 10.3. The van der Waals surface area contributed by atoms with Crippen molar-refractivity contribution < 1.29 is 4.39 Å². The molecule has 0 fully saturated rings. The van der Waals surface area contributed by atoms with E-state index < -0.39 is 0 Å². The van der Waals surface area contributed by atoms with Crippen LogP contribution >= 0.6 is 0 Å². The summed E-state index contributed by atoms with van der Waals surface area (Å²) in [7, 11) is 0. The molecule has 0 saturated carbocycles. The highest BCUT2D eigenvalue weighted by Crippen LogP contribution is 2.17. The zero-order chi connectivity index (χ0) is 12.3. The van der Waals surface area contributed by atoms with E-state index in [0.29, 0.717) is 11.7 Å². The maximum absolute atomic E-state index is 13.0. The van der Waals surface area contributed by atoms with Crippen LogP contribution in [-0.4, -0.2) is 16.2 Å². The smallest absolute Gasteiger partial charge is 0.148 e. The average Bonchev–Trinajstić information content (AvgIpc) is 2.29. The first-order valence-electron chi connectivity index (χ1n) is 5.51. The summed E-state index contributed by atoms with van der Waals surface area (Å²) < 4.78 is 13.0. The van der Waals surface area contributed by atoms with Crippen LogP contribution in [0.1, 0.15) is 13.8 Å². The molecule has 0 bridgehead atoms. The third-order valence-corrected chi connectivity index (χ3v) is 2.22. The summed E-state index contributed by atoms with van der Waals surface area (Å²) in [5.41, 5.74) is 1.40. The van der Waals surface area contributed by atoms with E-state index in [4.69, 9.17) is 0 Å². The van der Waals surface area contributed by atoms with Gasteiger partial charge in [0.1, 0.15) is 11.6 Å². The predicted molar refractivity (Wildman–Crippen MR) is 66.2 cm³/mol. The van der Waals surface area contributed by atoms with Crippen molar-refractivity contribution in [2.45, 2.75) is 19.9 Å². The second kappa shape index (κ2) is 4.91. The summed E-state index contributed by atoms with van der Waals surface area (Å²) >= 11 is 0. The Hall–Kier alpha value is -1.97. The highest BCUT2D eigenvalue weighted by molar-refractivity contribution is 5.59. The lowest BCUT2D eigenvalue weighted by Crippen LogP contribution is -2.11. The quantitative estimate of drug-likeness (QED) is 0.882. The molecule has 4 heteroatoms. The fourth-order valence-corrected chi connectivity index (χ4v) is 1.51. The second-order valence-electron chi connectivity index (χ2n) is 4.11. The number of hydrogen-bond acceptors (Lipinski definition) is 3. The van der Waals surface area contributed by atoms with Crippen LogP contribution in [0, 0.1) is 5.82 Å². The van der Waals surface area contributed by atoms with E-state index >= 15 is 0 Å². The molecule has 1 N–H and O–H groups in total. The Morgan fingerprint density at radius 3 is 2.53 bits per heavy atom. The predicted octanol–water partition coefficient (Wildman–Crippen LogP) is 3.10. The van der Waals surface area contributed by atoms with Gasteiger partial charge in [0.15, 0.2) is 0 Å². The van der Waals surface area contributed by atoms with E-state index in [2.05, 4.69) is 15.5 Å². The molecule has 0 amide bonds. The molecule has 17 heavy (non-hydrogen) atoms. The van der Waals surface area contributed by atoms with Crippen LogP contribution in [0.15, 0.2) is 36.4 Å². The number of nitrogens with zero attached hydrogens (tertiary/aromatic N) is 2. The van der Waals surface area contributed by atoms with Crippen LogP contribution in [0.4, 0.5) is 10.2 Å². The lowest BCUT2D eigenvalue weighted by molar-refractivity contribution is 0.628. The molecular weight excluding hydrogens is 217 g/mol. The molecule has 2 aromatic rings. The molecule has 0 aliphatic carbocycles. The van der Waals surface area contributed by atoms with Gasteiger partial charge in [-0.2, -0.15) is 0 Å². The lowest BCUT2D eigenvalue weighted by atomic mass is 10.1. The first-order valence-corrected chi connectivity index (χ1v) is 5.51. The number of halogens is 1. The minimum atomic E-state index is -0.270. The topological polar surface area (TPSA) is 37.8 Å². The standard InChI is InChI=1S/C13H14FN3/c1-9(2)15-13-7-6-12(16-17-13)10-4-3-5-11(14)8-10/h3-9H,1-2H3,(H,15,17). The van der Waals surface area contributed by atoms with Gasteiger partial charge in [-0.1, -0.05) is 12.1 Å². The van der Waals surface area contributed by atoms with Crippen molar-refractivity contribution in [3.63, 3.8) is 0 Å². The Bertz CT molecular complexity index is 494. The third kappa shape index (κ3) is 3.00. The maximum Gasteiger partial charge on any atom is 0.148 e. The monoisotopic (exact) mass is 231 g/mol. The molecule has 2 rings (SSSR count). The zero-order valence-corrected chi connectivity index (χ0v) is 9.81. The van der Waals surface area contributed by atoms with E-state index in [1.807, 2.05) is 32.0 Å². The number of benzene rings is 1. The van der Waals surface area contributed by atoms with Crippen molar-refractivity contribution in [3.8, 4) is 11.3 Å². The van der Waals surface area contributed by atoms with Gasteiger partial charge in [0.05, 0.1) is 5.69 Å². The summed E-state index contributed by atoms with van der Waals surface area (Å²) in [6.07, 6.45) is 0. The average molecular weight is 231 g/mol. The molecule has 1 aromatic heterocycles. The Labute approximate surface area is 99.7 Å². The van der Waals surface area contributed by atoms with Crippen LogP contribution < -0.4 is 5.32 Å². The van der Waals surface area contributed by atoms with E-state index in [1.54, 1.807) is 6.07 Å². The Balaban J connectivity index is 2.23. The molecule has 1 aromatic carbocycles. The molecule has 3 nitrogen and oxygen atoms in total. The van der Waals surface area contributed by atoms with E-state index in [9.17, 15) is 4.39 Å². The zero-order valence-electron chi connectivity index (χ0n) is 9.81. The largest absolute Gasteiger partial charge is 0.366 e. The molecule has 0 spiro atoms. The normalized spacial score (nSPS) is 10.6. The second-order valence-corrected chi connectivity index (χ2v) is 4.11. The first-order chi connectivity index (χ1) is 8.15. The van der Waals surface area contributed by atoms with Crippen LogP contribution in [0.3, 0.4) is 0 Å². The van der Waals surface area contributed by atoms with Gasteiger partial charge in [-0.3, -0.25) is 0 Å². The lowest BCUT2D eigenvalue weighted by Gasteiger charge is -2.08. The molecule has 88 valence electrons. The van der Waals surface area contributed by atoms with Crippen molar-refractivity contribution >= 4 is 5.82 Å². The highest BCUT2D eigenvalue weighted by Gasteiger charge is 2.02. The van der Waals surface area contributed by atoms with Gasteiger partial charge in [-0.05, 0) is 38.1 Å². The van der Waals surface area contributed by atoms with E-state index in [-0.39, 0.29) is 5.82 Å². The summed E-state index contributed by atoms with van der Waals surface area (Å²) in [6.45, 7) is 4.06. The van der Waals surface area contributed by atoms with Crippen LogP contribution in [0.2, 0.25) is 0 Å². The highest BCUT2D eigenvalue weighted by atomic mass is 19.1. The van der Waals surface area contributed by atoms with Crippen molar-refractivity contribution in [2.75, 3.05) is 5.32 Å². The molecule has 0 saturated heterocycles.